The summed E-state index contributed by atoms with van der Waals surface area (Å²) in [5, 5.41) is 4.97. The van der Waals surface area contributed by atoms with E-state index < -0.39 is 6.43 Å². The molecule has 0 radical (unpaired) electrons. The zero-order chi connectivity index (χ0) is 16.8. The number of alkyl halides is 2. The maximum atomic E-state index is 13.7. The van der Waals surface area contributed by atoms with E-state index in [2.05, 4.69) is 10.1 Å². The van der Waals surface area contributed by atoms with Crippen molar-refractivity contribution in [2.24, 2.45) is 7.05 Å². The van der Waals surface area contributed by atoms with E-state index in [9.17, 15) is 8.78 Å². The Morgan fingerprint density at radius 1 is 1.25 bits per heavy atom. The molecule has 0 bridgehead atoms. The summed E-state index contributed by atoms with van der Waals surface area (Å²) in [4.78, 5) is 4.61. The highest BCUT2D eigenvalue weighted by molar-refractivity contribution is 5.86. The fourth-order valence-corrected chi connectivity index (χ4v) is 3.05. The van der Waals surface area contributed by atoms with E-state index in [0.29, 0.717) is 22.5 Å². The Morgan fingerprint density at radius 2 is 2.04 bits per heavy atom. The maximum absolute atomic E-state index is 13.7. The van der Waals surface area contributed by atoms with Gasteiger partial charge in [-0.15, -0.1) is 0 Å². The lowest BCUT2D eigenvalue weighted by molar-refractivity contribution is 0.153. The van der Waals surface area contributed by atoms with Gasteiger partial charge in [0.25, 0.3) is 6.43 Å². The molecular weight excluding hydrogens is 312 g/mol. The predicted octanol–water partition coefficient (Wildman–Crippen LogP) is 4.46. The standard InChI is InChI=1S/C18H17F2N3O/c1-23-18-15(16(22-23)10-6-7-10)13(17(19)20)9-14(21-18)11-4-3-5-12(8-11)24-2/h3-5,8-10,17H,6-7H2,1-2H3. The molecule has 124 valence electrons. The second-order valence-electron chi connectivity index (χ2n) is 6.11. The van der Waals surface area contributed by atoms with Crippen molar-refractivity contribution in [1.29, 1.82) is 0 Å². The largest absolute Gasteiger partial charge is 0.497 e. The minimum atomic E-state index is -2.57. The fourth-order valence-electron chi connectivity index (χ4n) is 3.05. The highest BCUT2D eigenvalue weighted by Crippen LogP contribution is 2.44. The van der Waals surface area contributed by atoms with Crippen molar-refractivity contribution < 1.29 is 13.5 Å². The van der Waals surface area contributed by atoms with Crippen molar-refractivity contribution in [3.05, 3.63) is 41.6 Å². The molecule has 0 aliphatic heterocycles. The van der Waals surface area contributed by atoms with Crippen LogP contribution in [0.25, 0.3) is 22.3 Å². The average Bonchev–Trinajstić information content (AvgIpc) is 3.38. The van der Waals surface area contributed by atoms with Gasteiger partial charge >= 0.3 is 0 Å². The Bertz CT molecular complexity index is 916. The summed E-state index contributed by atoms with van der Waals surface area (Å²) in [6, 6.07) is 8.74. The van der Waals surface area contributed by atoms with Crippen LogP contribution in [0.2, 0.25) is 0 Å². The third-order valence-corrected chi connectivity index (χ3v) is 4.42. The van der Waals surface area contributed by atoms with E-state index >= 15 is 0 Å². The Morgan fingerprint density at radius 3 is 2.71 bits per heavy atom. The molecule has 0 unspecified atom stereocenters. The van der Waals surface area contributed by atoms with Crippen LogP contribution in [-0.2, 0) is 7.05 Å². The number of ether oxygens (including phenoxy) is 1. The number of aryl methyl sites for hydroxylation is 1. The van der Waals surface area contributed by atoms with Gasteiger partial charge in [-0.2, -0.15) is 5.10 Å². The van der Waals surface area contributed by atoms with Crippen LogP contribution >= 0.6 is 0 Å². The van der Waals surface area contributed by atoms with Gasteiger partial charge in [0.15, 0.2) is 5.65 Å². The van der Waals surface area contributed by atoms with Gasteiger partial charge in [0, 0.05) is 24.1 Å². The molecule has 0 N–H and O–H groups in total. The first kappa shape index (κ1) is 15.1. The SMILES string of the molecule is COc1cccc(-c2cc(C(F)F)c3c(C4CC4)nn(C)c3n2)c1. The smallest absolute Gasteiger partial charge is 0.264 e. The number of aromatic nitrogens is 3. The summed E-state index contributed by atoms with van der Waals surface area (Å²) in [5.74, 6) is 0.951. The zero-order valence-electron chi connectivity index (χ0n) is 13.5. The topological polar surface area (TPSA) is 39.9 Å². The van der Waals surface area contributed by atoms with Crippen LogP contribution in [0.15, 0.2) is 30.3 Å². The summed E-state index contributed by atoms with van der Waals surface area (Å²) in [7, 11) is 3.33. The van der Waals surface area contributed by atoms with E-state index in [1.807, 2.05) is 18.2 Å². The first-order chi connectivity index (χ1) is 11.6. The van der Waals surface area contributed by atoms with E-state index in [1.165, 1.54) is 6.07 Å². The number of fused-ring (bicyclic) bond motifs is 1. The van der Waals surface area contributed by atoms with Crippen molar-refractivity contribution in [3.8, 4) is 17.0 Å². The molecule has 1 aliphatic rings. The molecule has 2 aromatic heterocycles. The van der Waals surface area contributed by atoms with Crippen molar-refractivity contribution in [2.45, 2.75) is 25.2 Å². The number of hydrogen-bond acceptors (Lipinski definition) is 3. The van der Waals surface area contributed by atoms with Crippen LogP contribution in [0, 0.1) is 0 Å². The highest BCUT2D eigenvalue weighted by atomic mass is 19.3. The summed E-state index contributed by atoms with van der Waals surface area (Å²) in [6.07, 6.45) is -0.555. The van der Waals surface area contributed by atoms with E-state index in [1.54, 1.807) is 24.9 Å². The van der Waals surface area contributed by atoms with Crippen molar-refractivity contribution in [3.63, 3.8) is 0 Å². The second kappa shape index (κ2) is 5.54. The molecule has 0 amide bonds. The Balaban J connectivity index is 1.96. The number of nitrogens with zero attached hydrogens (tertiary/aromatic N) is 3. The highest BCUT2D eigenvalue weighted by Gasteiger charge is 2.32. The molecule has 1 fully saturated rings. The molecule has 24 heavy (non-hydrogen) atoms. The molecule has 4 rings (SSSR count). The normalized spacial score (nSPS) is 14.5. The average molecular weight is 329 g/mol. The zero-order valence-corrected chi connectivity index (χ0v) is 13.5. The molecule has 1 aromatic carbocycles. The van der Waals surface area contributed by atoms with Gasteiger partial charge in [-0.1, -0.05) is 12.1 Å². The summed E-state index contributed by atoms with van der Waals surface area (Å²) < 4.78 is 34.3. The van der Waals surface area contributed by atoms with Crippen LogP contribution < -0.4 is 4.74 Å². The third-order valence-electron chi connectivity index (χ3n) is 4.42. The molecule has 4 nitrogen and oxygen atoms in total. The van der Waals surface area contributed by atoms with Crippen molar-refractivity contribution in [1.82, 2.24) is 14.8 Å². The lowest BCUT2D eigenvalue weighted by Gasteiger charge is -2.09. The van der Waals surface area contributed by atoms with Gasteiger partial charge in [-0.3, -0.25) is 4.68 Å². The van der Waals surface area contributed by atoms with Gasteiger partial charge in [0.1, 0.15) is 5.75 Å². The number of pyridine rings is 1. The van der Waals surface area contributed by atoms with Crippen molar-refractivity contribution >= 4 is 11.0 Å². The van der Waals surface area contributed by atoms with Crippen LogP contribution in [-0.4, -0.2) is 21.9 Å². The lowest BCUT2D eigenvalue weighted by Crippen LogP contribution is -1.96. The van der Waals surface area contributed by atoms with Gasteiger partial charge in [0.2, 0.25) is 0 Å². The molecule has 0 saturated heterocycles. The molecular formula is C18H17F2N3O. The minimum absolute atomic E-state index is 0.00724. The van der Waals surface area contributed by atoms with E-state index in [4.69, 9.17) is 4.74 Å². The third kappa shape index (κ3) is 2.42. The number of halogens is 2. The quantitative estimate of drug-likeness (QED) is 0.709. The van der Waals surface area contributed by atoms with Crippen LogP contribution in [0.4, 0.5) is 8.78 Å². The minimum Gasteiger partial charge on any atom is -0.497 e. The summed E-state index contributed by atoms with van der Waals surface area (Å²) in [5.41, 5.74) is 2.52. The molecule has 6 heteroatoms. The van der Waals surface area contributed by atoms with E-state index in [-0.39, 0.29) is 11.5 Å². The second-order valence-corrected chi connectivity index (χ2v) is 6.11. The van der Waals surface area contributed by atoms with Crippen molar-refractivity contribution in [2.75, 3.05) is 7.11 Å². The molecule has 1 aliphatic carbocycles. The van der Waals surface area contributed by atoms with Gasteiger partial charge in [0.05, 0.1) is 23.9 Å². The number of hydrogen-bond donors (Lipinski definition) is 0. The molecule has 0 spiro atoms. The van der Waals surface area contributed by atoms with Gasteiger partial charge in [-0.05, 0) is 31.0 Å². The Kier molecular flexibility index (Phi) is 3.48. The van der Waals surface area contributed by atoms with Crippen LogP contribution in [0.1, 0.15) is 36.4 Å². The molecule has 2 heterocycles. The first-order valence-corrected chi connectivity index (χ1v) is 7.88. The maximum Gasteiger partial charge on any atom is 0.264 e. The molecule has 3 aromatic rings. The van der Waals surface area contributed by atoms with Crippen LogP contribution in [0.5, 0.6) is 5.75 Å². The van der Waals surface area contributed by atoms with Gasteiger partial charge < -0.3 is 4.74 Å². The first-order valence-electron chi connectivity index (χ1n) is 7.88. The lowest BCUT2D eigenvalue weighted by atomic mass is 10.0. The summed E-state index contributed by atoms with van der Waals surface area (Å²) in [6.45, 7) is 0. The van der Waals surface area contributed by atoms with Gasteiger partial charge in [-0.25, -0.2) is 13.8 Å². The monoisotopic (exact) mass is 329 g/mol. The Labute approximate surface area is 138 Å². The van der Waals surface area contributed by atoms with E-state index in [0.717, 1.165) is 24.1 Å². The summed E-state index contributed by atoms with van der Waals surface area (Å²) >= 11 is 0. The Hall–Kier alpha value is -2.50. The predicted molar refractivity (Wildman–Crippen MR) is 87.4 cm³/mol. The number of benzene rings is 1. The molecule has 1 saturated carbocycles. The fraction of sp³-hybridized carbons (Fsp3) is 0.333. The molecule has 0 atom stereocenters. The number of methoxy groups -OCH3 is 1. The number of rotatable bonds is 4. The van der Waals surface area contributed by atoms with Crippen LogP contribution in [0.3, 0.4) is 0 Å².